The van der Waals surface area contributed by atoms with Crippen molar-refractivity contribution in [2.75, 3.05) is 11.5 Å². The molecule has 3 aromatic rings. The van der Waals surface area contributed by atoms with Crippen molar-refractivity contribution in [3.63, 3.8) is 0 Å². The number of nitrogens with zero attached hydrogens (tertiary/aromatic N) is 1. The highest BCUT2D eigenvalue weighted by Gasteiger charge is 2.37. The molecule has 31 heavy (non-hydrogen) atoms. The zero-order valence-electron chi connectivity index (χ0n) is 17.2. The number of halogens is 1. The number of ether oxygens (including phenoxy) is 1. The molecule has 4 rings (SSSR count). The summed E-state index contributed by atoms with van der Waals surface area (Å²) in [6.07, 6.45) is -0.583. The summed E-state index contributed by atoms with van der Waals surface area (Å²) >= 11 is 0. The molecule has 7 heteroatoms. The largest absolute Gasteiger partial charge is 0.478 e. The molecule has 1 aliphatic rings. The summed E-state index contributed by atoms with van der Waals surface area (Å²) < 4.78 is 43.9. The fourth-order valence-electron chi connectivity index (χ4n) is 4.04. The van der Waals surface area contributed by atoms with Gasteiger partial charge in [-0.2, -0.15) is 0 Å². The van der Waals surface area contributed by atoms with Crippen LogP contribution < -0.4 is 4.74 Å². The molecule has 162 valence electrons. The predicted octanol–water partition coefficient (Wildman–Crippen LogP) is 3.96. The van der Waals surface area contributed by atoms with Crippen LogP contribution in [0.5, 0.6) is 5.75 Å². The SMILES string of the molecule is C[C@H](Oc1ccccc1F)C(=O)N(Cc1cccc2ccccc12)[C@@H]1CCS(=O)(=O)C1. The van der Waals surface area contributed by atoms with E-state index in [1.807, 2.05) is 42.5 Å². The third-order valence-electron chi connectivity index (χ3n) is 5.64. The highest BCUT2D eigenvalue weighted by atomic mass is 32.2. The Bertz CT molecular complexity index is 1210. The Labute approximate surface area is 181 Å². The Kier molecular flexibility index (Phi) is 5.96. The second-order valence-electron chi connectivity index (χ2n) is 7.85. The van der Waals surface area contributed by atoms with E-state index in [9.17, 15) is 17.6 Å². The number of benzene rings is 3. The van der Waals surface area contributed by atoms with Crippen molar-refractivity contribution in [1.82, 2.24) is 4.90 Å². The van der Waals surface area contributed by atoms with Gasteiger partial charge in [0.15, 0.2) is 27.5 Å². The van der Waals surface area contributed by atoms with E-state index in [2.05, 4.69) is 0 Å². The molecule has 0 aliphatic carbocycles. The molecule has 0 aromatic heterocycles. The zero-order valence-corrected chi connectivity index (χ0v) is 18.0. The van der Waals surface area contributed by atoms with E-state index in [1.54, 1.807) is 24.0 Å². The number of hydrogen-bond donors (Lipinski definition) is 0. The first-order valence-corrected chi connectivity index (χ1v) is 12.0. The van der Waals surface area contributed by atoms with Crippen molar-refractivity contribution < 1.29 is 22.3 Å². The van der Waals surface area contributed by atoms with E-state index >= 15 is 0 Å². The smallest absolute Gasteiger partial charge is 0.263 e. The van der Waals surface area contributed by atoms with Crippen molar-refractivity contribution in [2.45, 2.75) is 32.0 Å². The minimum absolute atomic E-state index is 0.00694. The Morgan fingerprint density at radius 1 is 1.10 bits per heavy atom. The minimum atomic E-state index is -3.19. The van der Waals surface area contributed by atoms with Crippen LogP contribution in [0.1, 0.15) is 18.9 Å². The van der Waals surface area contributed by atoms with Crippen LogP contribution in [0, 0.1) is 5.82 Å². The fourth-order valence-corrected chi connectivity index (χ4v) is 5.77. The van der Waals surface area contributed by atoms with Crippen molar-refractivity contribution in [3.8, 4) is 5.75 Å². The molecular weight excluding hydrogens is 417 g/mol. The predicted molar refractivity (Wildman–Crippen MR) is 118 cm³/mol. The van der Waals surface area contributed by atoms with Crippen LogP contribution in [0.25, 0.3) is 10.8 Å². The van der Waals surface area contributed by atoms with E-state index in [1.165, 1.54) is 12.1 Å². The van der Waals surface area contributed by atoms with E-state index in [0.29, 0.717) is 6.42 Å². The van der Waals surface area contributed by atoms with Gasteiger partial charge >= 0.3 is 0 Å². The standard InChI is InChI=1S/C24H24FNO4S/c1-17(30-23-12-5-4-11-22(23)25)24(27)26(20-13-14-31(28,29)16-20)15-19-9-6-8-18-7-2-3-10-21(18)19/h2-12,17,20H,13-16H2,1H3/t17-,20+/m0/s1. The minimum Gasteiger partial charge on any atom is -0.478 e. The average molecular weight is 442 g/mol. The maximum Gasteiger partial charge on any atom is 0.263 e. The number of para-hydroxylation sites is 1. The highest BCUT2D eigenvalue weighted by molar-refractivity contribution is 7.91. The van der Waals surface area contributed by atoms with Crippen molar-refractivity contribution in [3.05, 3.63) is 78.1 Å². The molecule has 5 nitrogen and oxygen atoms in total. The van der Waals surface area contributed by atoms with Crippen LogP contribution in [0.2, 0.25) is 0 Å². The maximum atomic E-state index is 14.0. The third-order valence-corrected chi connectivity index (χ3v) is 7.39. The third kappa shape index (κ3) is 4.71. The van der Waals surface area contributed by atoms with Gasteiger partial charge in [-0.3, -0.25) is 4.79 Å². The summed E-state index contributed by atoms with van der Waals surface area (Å²) in [6.45, 7) is 1.82. The van der Waals surface area contributed by atoms with Gasteiger partial charge in [-0.1, -0.05) is 54.6 Å². The molecule has 1 saturated heterocycles. The first-order valence-electron chi connectivity index (χ1n) is 10.2. The van der Waals surface area contributed by atoms with Gasteiger partial charge in [0, 0.05) is 12.6 Å². The maximum absolute atomic E-state index is 14.0. The second kappa shape index (κ2) is 8.67. The number of rotatable bonds is 6. The van der Waals surface area contributed by atoms with Crippen LogP contribution in [-0.2, 0) is 21.2 Å². The molecule has 0 radical (unpaired) electrons. The number of hydrogen-bond acceptors (Lipinski definition) is 4. The van der Waals surface area contributed by atoms with Gasteiger partial charge in [0.05, 0.1) is 11.5 Å². The molecule has 3 aromatic carbocycles. The van der Waals surface area contributed by atoms with Gasteiger partial charge < -0.3 is 9.64 Å². The van der Waals surface area contributed by atoms with Gasteiger partial charge in [0.2, 0.25) is 0 Å². The van der Waals surface area contributed by atoms with Crippen molar-refractivity contribution in [2.24, 2.45) is 0 Å². The average Bonchev–Trinajstić information content (AvgIpc) is 3.12. The number of carbonyl (C=O) groups excluding carboxylic acids is 1. The molecule has 0 saturated carbocycles. The van der Waals surface area contributed by atoms with Crippen LogP contribution >= 0.6 is 0 Å². The quantitative estimate of drug-likeness (QED) is 0.581. The van der Waals surface area contributed by atoms with Gasteiger partial charge in [0.1, 0.15) is 0 Å². The number of sulfone groups is 1. The lowest BCUT2D eigenvalue weighted by atomic mass is 10.0. The summed E-state index contributed by atoms with van der Waals surface area (Å²) in [6, 6.07) is 19.2. The van der Waals surface area contributed by atoms with E-state index < -0.39 is 27.8 Å². The molecule has 0 spiro atoms. The van der Waals surface area contributed by atoms with Crippen LogP contribution in [-0.4, -0.2) is 42.9 Å². The van der Waals surface area contributed by atoms with E-state index in [0.717, 1.165) is 16.3 Å². The first kappa shape index (κ1) is 21.3. The summed E-state index contributed by atoms with van der Waals surface area (Å²) in [5.41, 5.74) is 0.925. The lowest BCUT2D eigenvalue weighted by molar-refractivity contribution is -0.140. The van der Waals surface area contributed by atoms with Gasteiger partial charge in [0.25, 0.3) is 5.91 Å². The molecule has 1 amide bonds. The van der Waals surface area contributed by atoms with Crippen LogP contribution in [0.4, 0.5) is 4.39 Å². The Morgan fingerprint density at radius 3 is 2.55 bits per heavy atom. The monoisotopic (exact) mass is 441 g/mol. The Balaban J connectivity index is 1.64. The van der Waals surface area contributed by atoms with Crippen molar-refractivity contribution >= 4 is 26.5 Å². The van der Waals surface area contributed by atoms with Crippen LogP contribution in [0.15, 0.2) is 66.7 Å². The summed E-state index contributed by atoms with van der Waals surface area (Å²) in [5, 5.41) is 2.05. The zero-order chi connectivity index (χ0) is 22.0. The normalized spacial score (nSPS) is 18.6. The number of carbonyl (C=O) groups is 1. The van der Waals surface area contributed by atoms with Crippen molar-refractivity contribution in [1.29, 1.82) is 0 Å². The van der Waals surface area contributed by atoms with E-state index in [4.69, 9.17) is 4.74 Å². The van der Waals surface area contributed by atoms with Gasteiger partial charge in [-0.05, 0) is 41.8 Å². The molecule has 1 aliphatic heterocycles. The van der Waals surface area contributed by atoms with Gasteiger partial charge in [-0.15, -0.1) is 0 Å². The van der Waals surface area contributed by atoms with Crippen LogP contribution in [0.3, 0.4) is 0 Å². The lowest BCUT2D eigenvalue weighted by Crippen LogP contribution is -2.46. The topological polar surface area (TPSA) is 63.7 Å². The highest BCUT2D eigenvalue weighted by Crippen LogP contribution is 2.26. The molecule has 1 heterocycles. The van der Waals surface area contributed by atoms with E-state index in [-0.39, 0.29) is 29.7 Å². The Hall–Kier alpha value is -2.93. The second-order valence-corrected chi connectivity index (χ2v) is 10.1. The number of amides is 1. The molecular formula is C24H24FNO4S. The Morgan fingerprint density at radius 2 is 1.81 bits per heavy atom. The summed E-state index contributed by atoms with van der Waals surface area (Å²) in [7, 11) is -3.19. The molecule has 2 atom stereocenters. The molecule has 0 bridgehead atoms. The molecule has 0 N–H and O–H groups in total. The fraction of sp³-hybridized carbons (Fsp3) is 0.292. The number of fused-ring (bicyclic) bond motifs is 1. The van der Waals surface area contributed by atoms with Gasteiger partial charge in [-0.25, -0.2) is 12.8 Å². The summed E-state index contributed by atoms with van der Waals surface area (Å²) in [4.78, 5) is 15.0. The summed E-state index contributed by atoms with van der Waals surface area (Å²) in [5.74, 6) is -0.938. The first-order chi connectivity index (χ1) is 14.8. The molecule has 0 unspecified atom stereocenters. The molecule has 1 fully saturated rings. The lowest BCUT2D eigenvalue weighted by Gasteiger charge is -2.31.